The third-order valence-electron chi connectivity index (χ3n) is 2.25. The van der Waals surface area contributed by atoms with E-state index in [1.807, 2.05) is 0 Å². The Balaban J connectivity index is 2.39. The smallest absolute Gasteiger partial charge is 0.357 e. The molecule has 18 heavy (non-hydrogen) atoms. The minimum absolute atomic E-state index is 0.116. The van der Waals surface area contributed by atoms with Gasteiger partial charge in [0.2, 0.25) is 0 Å². The Morgan fingerprint density at radius 2 is 2.11 bits per heavy atom. The van der Waals surface area contributed by atoms with Crippen LogP contribution in [0.4, 0.5) is 4.39 Å². The van der Waals surface area contributed by atoms with Crippen molar-refractivity contribution in [3.8, 4) is 11.4 Å². The molecule has 5 heteroatoms. The van der Waals surface area contributed by atoms with Crippen molar-refractivity contribution in [3.63, 3.8) is 0 Å². The summed E-state index contributed by atoms with van der Waals surface area (Å²) < 4.78 is 18.4. The molecule has 0 aliphatic heterocycles. The molecule has 0 aliphatic rings. The van der Waals surface area contributed by atoms with Crippen molar-refractivity contribution in [1.82, 2.24) is 9.97 Å². The summed E-state index contributed by atoms with van der Waals surface area (Å²) in [6, 6.07) is 7.56. The van der Waals surface area contributed by atoms with Crippen molar-refractivity contribution < 1.29 is 13.9 Å². The zero-order valence-corrected chi connectivity index (χ0v) is 9.76. The summed E-state index contributed by atoms with van der Waals surface area (Å²) in [5, 5.41) is 0. The quantitative estimate of drug-likeness (QED) is 0.780. The number of benzene rings is 1. The van der Waals surface area contributed by atoms with Gasteiger partial charge in [0.1, 0.15) is 5.82 Å². The van der Waals surface area contributed by atoms with Crippen LogP contribution in [0.15, 0.2) is 36.5 Å². The Labute approximate surface area is 103 Å². The molecule has 1 aromatic carbocycles. The Morgan fingerprint density at radius 3 is 2.83 bits per heavy atom. The number of nitrogens with zero attached hydrogens (tertiary/aromatic N) is 2. The van der Waals surface area contributed by atoms with Crippen LogP contribution in [0.2, 0.25) is 0 Å². The maximum atomic E-state index is 13.6. The first-order chi connectivity index (χ1) is 8.72. The normalized spacial score (nSPS) is 10.1. The van der Waals surface area contributed by atoms with Gasteiger partial charge >= 0.3 is 5.97 Å². The number of hydrogen-bond acceptors (Lipinski definition) is 4. The lowest BCUT2D eigenvalue weighted by atomic mass is 10.2. The summed E-state index contributed by atoms with van der Waals surface area (Å²) in [6.45, 7) is 1.97. The number of ether oxygens (including phenoxy) is 1. The number of esters is 1. The fourth-order valence-corrected chi connectivity index (χ4v) is 1.45. The van der Waals surface area contributed by atoms with E-state index in [9.17, 15) is 9.18 Å². The highest BCUT2D eigenvalue weighted by atomic mass is 19.1. The number of rotatable bonds is 3. The number of halogens is 1. The minimum Gasteiger partial charge on any atom is -0.461 e. The van der Waals surface area contributed by atoms with E-state index < -0.39 is 11.8 Å². The van der Waals surface area contributed by atoms with Crippen LogP contribution in [0, 0.1) is 5.82 Å². The average molecular weight is 246 g/mol. The summed E-state index contributed by atoms with van der Waals surface area (Å²) in [7, 11) is 0. The van der Waals surface area contributed by atoms with E-state index in [-0.39, 0.29) is 23.7 Å². The zero-order valence-electron chi connectivity index (χ0n) is 9.76. The fraction of sp³-hybridized carbons (Fsp3) is 0.154. The van der Waals surface area contributed by atoms with Gasteiger partial charge in [-0.1, -0.05) is 12.1 Å². The SMILES string of the molecule is CCOC(=O)c1ccnc(-c2ccccc2F)n1. The molecule has 0 saturated carbocycles. The van der Waals surface area contributed by atoms with Gasteiger partial charge in [0.25, 0.3) is 0 Å². The maximum Gasteiger partial charge on any atom is 0.357 e. The molecule has 0 spiro atoms. The molecule has 92 valence electrons. The van der Waals surface area contributed by atoms with Crippen molar-refractivity contribution in [2.75, 3.05) is 6.61 Å². The standard InChI is InChI=1S/C13H11FN2O2/c1-2-18-13(17)11-7-8-15-12(16-11)9-5-3-4-6-10(9)14/h3-8H,2H2,1H3. The molecule has 0 amide bonds. The summed E-state index contributed by atoms with van der Waals surface area (Å²) in [6.07, 6.45) is 1.40. The molecular weight excluding hydrogens is 235 g/mol. The van der Waals surface area contributed by atoms with Gasteiger partial charge in [-0.15, -0.1) is 0 Å². The number of hydrogen-bond donors (Lipinski definition) is 0. The predicted octanol–water partition coefficient (Wildman–Crippen LogP) is 2.46. The zero-order chi connectivity index (χ0) is 13.0. The molecule has 1 heterocycles. The van der Waals surface area contributed by atoms with E-state index >= 15 is 0 Å². The minimum atomic E-state index is -0.544. The number of aromatic nitrogens is 2. The van der Waals surface area contributed by atoms with Crippen LogP contribution < -0.4 is 0 Å². The molecule has 0 aliphatic carbocycles. The van der Waals surface area contributed by atoms with E-state index in [1.54, 1.807) is 25.1 Å². The van der Waals surface area contributed by atoms with Crippen molar-refractivity contribution in [2.45, 2.75) is 6.92 Å². The third kappa shape index (κ3) is 2.51. The van der Waals surface area contributed by atoms with E-state index in [0.29, 0.717) is 0 Å². The Kier molecular flexibility index (Phi) is 3.62. The number of carbonyl (C=O) groups excluding carboxylic acids is 1. The Morgan fingerprint density at radius 1 is 1.33 bits per heavy atom. The summed E-state index contributed by atoms with van der Waals surface area (Å²) in [5.41, 5.74) is 0.369. The summed E-state index contributed by atoms with van der Waals surface area (Å²) >= 11 is 0. The van der Waals surface area contributed by atoms with Gasteiger partial charge < -0.3 is 4.74 Å². The Bertz CT molecular complexity index is 572. The second-order valence-corrected chi connectivity index (χ2v) is 3.47. The molecule has 0 atom stereocenters. The predicted molar refractivity (Wildman–Crippen MR) is 63.4 cm³/mol. The molecule has 0 fully saturated rings. The van der Waals surface area contributed by atoms with Gasteiger partial charge in [-0.3, -0.25) is 0 Å². The molecule has 2 rings (SSSR count). The number of carbonyl (C=O) groups is 1. The first-order valence-corrected chi connectivity index (χ1v) is 5.47. The monoisotopic (exact) mass is 246 g/mol. The van der Waals surface area contributed by atoms with Gasteiger partial charge in [-0.2, -0.15) is 0 Å². The molecule has 0 unspecified atom stereocenters. The first-order valence-electron chi connectivity index (χ1n) is 5.47. The molecule has 4 nitrogen and oxygen atoms in total. The highest BCUT2D eigenvalue weighted by Gasteiger charge is 2.12. The third-order valence-corrected chi connectivity index (χ3v) is 2.25. The van der Waals surface area contributed by atoms with Crippen molar-refractivity contribution in [2.24, 2.45) is 0 Å². The van der Waals surface area contributed by atoms with Crippen LogP contribution in [-0.2, 0) is 4.74 Å². The molecule has 0 bridgehead atoms. The molecular formula is C13H11FN2O2. The van der Waals surface area contributed by atoms with E-state index in [2.05, 4.69) is 9.97 Å². The van der Waals surface area contributed by atoms with Crippen LogP contribution in [0.25, 0.3) is 11.4 Å². The molecule has 1 aromatic heterocycles. The van der Waals surface area contributed by atoms with Gasteiger partial charge in [0.05, 0.1) is 12.2 Å². The molecule has 0 saturated heterocycles. The van der Waals surface area contributed by atoms with Gasteiger partial charge in [-0.05, 0) is 25.1 Å². The lowest BCUT2D eigenvalue weighted by Crippen LogP contribution is -2.08. The van der Waals surface area contributed by atoms with Gasteiger partial charge in [-0.25, -0.2) is 19.2 Å². The van der Waals surface area contributed by atoms with Crippen LogP contribution in [0.3, 0.4) is 0 Å². The molecule has 2 aromatic rings. The van der Waals surface area contributed by atoms with Gasteiger partial charge in [0.15, 0.2) is 11.5 Å². The van der Waals surface area contributed by atoms with Crippen molar-refractivity contribution in [3.05, 3.63) is 48.0 Å². The first kappa shape index (κ1) is 12.2. The van der Waals surface area contributed by atoms with Crippen LogP contribution in [-0.4, -0.2) is 22.5 Å². The van der Waals surface area contributed by atoms with E-state index in [0.717, 1.165) is 0 Å². The molecule has 0 radical (unpaired) electrons. The Hall–Kier alpha value is -2.30. The maximum absolute atomic E-state index is 13.6. The highest BCUT2D eigenvalue weighted by molar-refractivity contribution is 5.87. The topological polar surface area (TPSA) is 52.1 Å². The van der Waals surface area contributed by atoms with Crippen LogP contribution in [0.5, 0.6) is 0 Å². The van der Waals surface area contributed by atoms with Crippen LogP contribution >= 0.6 is 0 Å². The molecule has 0 N–H and O–H groups in total. The largest absolute Gasteiger partial charge is 0.461 e. The lowest BCUT2D eigenvalue weighted by Gasteiger charge is -2.04. The average Bonchev–Trinajstić information content (AvgIpc) is 2.40. The highest BCUT2D eigenvalue weighted by Crippen LogP contribution is 2.18. The van der Waals surface area contributed by atoms with Crippen molar-refractivity contribution >= 4 is 5.97 Å². The van der Waals surface area contributed by atoms with Crippen LogP contribution in [0.1, 0.15) is 17.4 Å². The summed E-state index contributed by atoms with van der Waals surface area (Å²) in [5.74, 6) is -0.811. The van der Waals surface area contributed by atoms with Gasteiger partial charge in [0, 0.05) is 6.20 Å². The van der Waals surface area contributed by atoms with Crippen molar-refractivity contribution in [1.29, 1.82) is 0 Å². The van der Waals surface area contributed by atoms with E-state index in [4.69, 9.17) is 4.74 Å². The fourth-order valence-electron chi connectivity index (χ4n) is 1.45. The second kappa shape index (κ2) is 5.35. The van der Waals surface area contributed by atoms with E-state index in [1.165, 1.54) is 18.3 Å². The second-order valence-electron chi connectivity index (χ2n) is 3.47. The lowest BCUT2D eigenvalue weighted by molar-refractivity contribution is 0.0519. The summed E-state index contributed by atoms with van der Waals surface area (Å²) in [4.78, 5) is 19.5.